The van der Waals surface area contributed by atoms with E-state index in [0.29, 0.717) is 12.8 Å². The summed E-state index contributed by atoms with van der Waals surface area (Å²) >= 11 is 0. The number of hydrogen-bond acceptors (Lipinski definition) is 3. The van der Waals surface area contributed by atoms with Crippen LogP contribution in [0.2, 0.25) is 0 Å². The molecule has 0 saturated heterocycles. The van der Waals surface area contributed by atoms with Gasteiger partial charge in [0.1, 0.15) is 11.6 Å². The quantitative estimate of drug-likeness (QED) is 0.876. The van der Waals surface area contributed by atoms with E-state index < -0.39 is 23.7 Å². The molecule has 1 unspecified atom stereocenters. The molecule has 2 N–H and O–H groups in total. The number of amides is 1. The summed E-state index contributed by atoms with van der Waals surface area (Å²) in [5.74, 6) is -1.07. The number of carbonyl (C=O) groups is 2. The lowest BCUT2D eigenvalue weighted by molar-refractivity contribution is -0.139. The number of carboxylic acid groups (broad SMARTS) is 1. The fourth-order valence-corrected chi connectivity index (χ4v) is 2.52. The molecule has 5 nitrogen and oxygen atoms in total. The predicted octanol–water partition coefficient (Wildman–Crippen LogP) is 3.75. The van der Waals surface area contributed by atoms with E-state index >= 15 is 0 Å². The Balaban J connectivity index is 2.06. The number of aryl methyl sites for hydroxylation is 1. The molecule has 2 rings (SSSR count). The van der Waals surface area contributed by atoms with Crippen molar-refractivity contribution in [1.82, 2.24) is 5.32 Å². The van der Waals surface area contributed by atoms with E-state index in [1.165, 1.54) is 0 Å². The van der Waals surface area contributed by atoms with Crippen LogP contribution in [0.4, 0.5) is 4.79 Å². The molecule has 0 aliphatic carbocycles. The van der Waals surface area contributed by atoms with Crippen LogP contribution in [0.15, 0.2) is 42.5 Å². The maximum atomic E-state index is 11.8. The summed E-state index contributed by atoms with van der Waals surface area (Å²) in [6, 6.07) is 12.9. The second-order valence-corrected chi connectivity index (χ2v) is 6.71. The van der Waals surface area contributed by atoms with Gasteiger partial charge in [-0.1, -0.05) is 42.5 Å². The van der Waals surface area contributed by atoms with Gasteiger partial charge in [0.15, 0.2) is 0 Å². The Hall–Kier alpha value is -2.56. The third-order valence-corrected chi connectivity index (χ3v) is 3.57. The van der Waals surface area contributed by atoms with Gasteiger partial charge >= 0.3 is 12.1 Å². The first-order valence-electron chi connectivity index (χ1n) is 7.95. The van der Waals surface area contributed by atoms with Gasteiger partial charge in [0.2, 0.25) is 0 Å². The van der Waals surface area contributed by atoms with Gasteiger partial charge in [-0.05, 0) is 49.9 Å². The summed E-state index contributed by atoms with van der Waals surface area (Å²) < 4.78 is 5.13. The van der Waals surface area contributed by atoms with E-state index in [1.807, 2.05) is 42.5 Å². The zero-order valence-corrected chi connectivity index (χ0v) is 14.2. The number of benzene rings is 2. The van der Waals surface area contributed by atoms with Crippen LogP contribution in [0.3, 0.4) is 0 Å². The highest BCUT2D eigenvalue weighted by molar-refractivity contribution is 5.86. The molecule has 0 aromatic heterocycles. The van der Waals surface area contributed by atoms with Gasteiger partial charge in [-0.3, -0.25) is 0 Å². The molecule has 0 spiro atoms. The molecule has 0 fully saturated rings. The third-order valence-electron chi connectivity index (χ3n) is 3.57. The summed E-state index contributed by atoms with van der Waals surface area (Å²) in [6.45, 7) is 5.20. The Morgan fingerprint density at radius 1 is 1.12 bits per heavy atom. The van der Waals surface area contributed by atoms with Crippen LogP contribution < -0.4 is 5.32 Å². The highest BCUT2D eigenvalue weighted by Gasteiger charge is 2.23. The Morgan fingerprint density at radius 2 is 1.79 bits per heavy atom. The van der Waals surface area contributed by atoms with Gasteiger partial charge in [-0.15, -0.1) is 0 Å². The summed E-state index contributed by atoms with van der Waals surface area (Å²) in [5.41, 5.74) is 0.397. The molecule has 1 amide bonds. The molecule has 0 radical (unpaired) electrons. The average molecular weight is 329 g/mol. The van der Waals surface area contributed by atoms with Crippen molar-refractivity contribution >= 4 is 22.8 Å². The minimum atomic E-state index is -1.07. The second-order valence-electron chi connectivity index (χ2n) is 6.71. The zero-order chi connectivity index (χ0) is 17.7. The molecule has 1 atom stereocenters. The van der Waals surface area contributed by atoms with E-state index in [1.54, 1.807) is 20.8 Å². The molecule has 2 aromatic rings. The zero-order valence-electron chi connectivity index (χ0n) is 14.2. The minimum Gasteiger partial charge on any atom is -0.480 e. The maximum absolute atomic E-state index is 11.8. The van der Waals surface area contributed by atoms with Crippen LogP contribution >= 0.6 is 0 Å². The number of alkyl carbamates (subject to hydrolysis) is 1. The first kappa shape index (κ1) is 17.8. The van der Waals surface area contributed by atoms with Crippen molar-refractivity contribution in [3.63, 3.8) is 0 Å². The first-order valence-corrected chi connectivity index (χ1v) is 7.95. The van der Waals surface area contributed by atoms with Gasteiger partial charge in [-0.2, -0.15) is 0 Å². The van der Waals surface area contributed by atoms with Crippen molar-refractivity contribution < 1.29 is 19.4 Å². The highest BCUT2D eigenvalue weighted by Crippen LogP contribution is 2.20. The van der Waals surface area contributed by atoms with Crippen LogP contribution in [0.5, 0.6) is 0 Å². The number of hydrogen-bond donors (Lipinski definition) is 2. The molecule has 0 aliphatic rings. The van der Waals surface area contributed by atoms with Crippen LogP contribution in [-0.4, -0.2) is 28.8 Å². The second kappa shape index (κ2) is 7.34. The lowest BCUT2D eigenvalue weighted by atomic mass is 9.99. The standard InChI is InChI=1S/C19H23NO4/c1-19(2,3)24-18(23)20-16(17(21)22)12-11-14-9-6-8-13-7-4-5-10-15(13)14/h4-10,16H,11-12H2,1-3H3,(H,20,23)(H,21,22). The molecule has 0 heterocycles. The van der Waals surface area contributed by atoms with Gasteiger partial charge in [0.25, 0.3) is 0 Å². The van der Waals surface area contributed by atoms with E-state index in [0.717, 1.165) is 16.3 Å². The summed E-state index contributed by atoms with van der Waals surface area (Å²) in [7, 11) is 0. The molecule has 5 heteroatoms. The Bertz CT molecular complexity index is 728. The SMILES string of the molecule is CC(C)(C)OC(=O)NC(CCc1cccc2ccccc12)C(=O)O. The Kier molecular flexibility index (Phi) is 5.44. The van der Waals surface area contributed by atoms with Gasteiger partial charge in [0.05, 0.1) is 0 Å². The number of nitrogens with one attached hydrogen (secondary N) is 1. The molecule has 24 heavy (non-hydrogen) atoms. The van der Waals surface area contributed by atoms with E-state index in [2.05, 4.69) is 5.32 Å². The van der Waals surface area contributed by atoms with Crippen molar-refractivity contribution in [2.24, 2.45) is 0 Å². The fraction of sp³-hybridized carbons (Fsp3) is 0.368. The number of rotatable bonds is 5. The highest BCUT2D eigenvalue weighted by atomic mass is 16.6. The molecule has 0 aliphatic heterocycles. The lowest BCUT2D eigenvalue weighted by Gasteiger charge is -2.22. The van der Waals surface area contributed by atoms with Gasteiger partial charge < -0.3 is 15.2 Å². The van der Waals surface area contributed by atoms with Crippen LogP contribution in [0.25, 0.3) is 10.8 Å². The third kappa shape index (κ3) is 4.98. The predicted molar refractivity (Wildman–Crippen MR) is 93.1 cm³/mol. The Morgan fingerprint density at radius 3 is 2.46 bits per heavy atom. The lowest BCUT2D eigenvalue weighted by Crippen LogP contribution is -2.43. The topological polar surface area (TPSA) is 75.6 Å². The number of carboxylic acids is 1. The van der Waals surface area contributed by atoms with E-state index in [-0.39, 0.29) is 0 Å². The molecule has 0 bridgehead atoms. The number of aliphatic carboxylic acids is 1. The number of carbonyl (C=O) groups excluding carboxylic acids is 1. The molecule has 0 saturated carbocycles. The summed E-state index contributed by atoms with van der Waals surface area (Å²) in [4.78, 5) is 23.2. The van der Waals surface area contributed by atoms with Crippen molar-refractivity contribution in [1.29, 1.82) is 0 Å². The van der Waals surface area contributed by atoms with Crippen LogP contribution in [-0.2, 0) is 16.0 Å². The maximum Gasteiger partial charge on any atom is 0.408 e. The number of ether oxygens (including phenoxy) is 1. The summed E-state index contributed by atoms with van der Waals surface area (Å²) in [6.07, 6.45) is 0.129. The monoisotopic (exact) mass is 329 g/mol. The average Bonchev–Trinajstić information content (AvgIpc) is 2.49. The van der Waals surface area contributed by atoms with E-state index in [4.69, 9.17) is 4.74 Å². The summed E-state index contributed by atoms with van der Waals surface area (Å²) in [5, 5.41) is 14.0. The first-order chi connectivity index (χ1) is 11.3. The van der Waals surface area contributed by atoms with Crippen LogP contribution in [0.1, 0.15) is 32.8 Å². The minimum absolute atomic E-state index is 0.294. The van der Waals surface area contributed by atoms with E-state index in [9.17, 15) is 14.7 Å². The largest absolute Gasteiger partial charge is 0.480 e. The van der Waals surface area contributed by atoms with Crippen molar-refractivity contribution in [2.75, 3.05) is 0 Å². The fourth-order valence-electron chi connectivity index (χ4n) is 2.52. The molecule has 128 valence electrons. The molecule has 2 aromatic carbocycles. The van der Waals surface area contributed by atoms with Gasteiger partial charge in [0, 0.05) is 0 Å². The van der Waals surface area contributed by atoms with Crippen molar-refractivity contribution in [3.05, 3.63) is 48.0 Å². The smallest absolute Gasteiger partial charge is 0.408 e. The van der Waals surface area contributed by atoms with Crippen molar-refractivity contribution in [2.45, 2.75) is 45.3 Å². The number of fused-ring (bicyclic) bond motifs is 1. The van der Waals surface area contributed by atoms with Crippen molar-refractivity contribution in [3.8, 4) is 0 Å². The van der Waals surface area contributed by atoms with Gasteiger partial charge in [-0.25, -0.2) is 9.59 Å². The Labute approximate surface area is 141 Å². The normalized spacial score (nSPS) is 12.6. The molecular weight excluding hydrogens is 306 g/mol. The van der Waals surface area contributed by atoms with Crippen LogP contribution in [0, 0.1) is 0 Å². The molecular formula is C19H23NO4.